The van der Waals surface area contributed by atoms with Crippen molar-refractivity contribution in [1.29, 1.82) is 0 Å². The van der Waals surface area contributed by atoms with Crippen molar-refractivity contribution in [2.24, 2.45) is 5.92 Å². The first-order chi connectivity index (χ1) is 13.1. The van der Waals surface area contributed by atoms with Gasteiger partial charge in [-0.25, -0.2) is 9.97 Å². The predicted molar refractivity (Wildman–Crippen MR) is 110 cm³/mol. The van der Waals surface area contributed by atoms with Gasteiger partial charge in [-0.3, -0.25) is 4.79 Å². The highest BCUT2D eigenvalue weighted by Crippen LogP contribution is 2.23. The third kappa shape index (κ3) is 5.78. The van der Waals surface area contributed by atoms with Gasteiger partial charge >= 0.3 is 0 Å². The van der Waals surface area contributed by atoms with E-state index in [0.717, 1.165) is 23.5 Å². The minimum absolute atomic E-state index is 0.0236. The van der Waals surface area contributed by atoms with Gasteiger partial charge in [-0.15, -0.1) is 0 Å². The van der Waals surface area contributed by atoms with Crippen molar-refractivity contribution in [3.63, 3.8) is 0 Å². The molecule has 0 bridgehead atoms. The Kier molecular flexibility index (Phi) is 6.80. The van der Waals surface area contributed by atoms with E-state index in [1.807, 2.05) is 30.3 Å². The molecule has 1 saturated carbocycles. The number of aromatic nitrogens is 2. The largest absolute Gasteiger partial charge is 0.367 e. The first kappa shape index (κ1) is 19.3. The Labute approximate surface area is 162 Å². The smallest absolute Gasteiger partial charge is 0.251 e. The first-order valence-corrected chi connectivity index (χ1v) is 10.1. The molecular weight excluding hydrogens is 336 g/mol. The molecule has 1 aromatic carbocycles. The molecule has 144 valence electrons. The van der Waals surface area contributed by atoms with Gasteiger partial charge in [-0.1, -0.05) is 45.2 Å². The monoisotopic (exact) mass is 366 g/mol. The summed E-state index contributed by atoms with van der Waals surface area (Å²) in [6.07, 6.45) is 8.92. The van der Waals surface area contributed by atoms with Crippen molar-refractivity contribution in [3.05, 3.63) is 42.2 Å². The summed E-state index contributed by atoms with van der Waals surface area (Å²) in [5.74, 6) is 1.44. The van der Waals surface area contributed by atoms with E-state index in [1.54, 1.807) is 6.33 Å². The van der Waals surface area contributed by atoms with Crippen LogP contribution in [0.2, 0.25) is 0 Å². The molecule has 0 atom stereocenters. The summed E-state index contributed by atoms with van der Waals surface area (Å²) in [4.78, 5) is 21.0. The second-order valence-corrected chi connectivity index (χ2v) is 7.78. The molecule has 1 aromatic heterocycles. The molecule has 27 heavy (non-hydrogen) atoms. The van der Waals surface area contributed by atoms with Crippen LogP contribution < -0.4 is 10.6 Å². The van der Waals surface area contributed by atoms with Crippen LogP contribution >= 0.6 is 0 Å². The highest BCUT2D eigenvalue weighted by atomic mass is 16.1. The summed E-state index contributed by atoms with van der Waals surface area (Å²) in [6.45, 7) is 5.01. The van der Waals surface area contributed by atoms with Crippen LogP contribution in [0.1, 0.15) is 62.7 Å². The third-order valence-electron chi connectivity index (χ3n) is 5.07. The second kappa shape index (κ2) is 9.49. The third-order valence-corrected chi connectivity index (χ3v) is 5.07. The molecule has 1 fully saturated rings. The zero-order chi connectivity index (χ0) is 19.1. The number of anilines is 1. The Hall–Kier alpha value is -2.43. The highest BCUT2D eigenvalue weighted by molar-refractivity contribution is 5.94. The predicted octanol–water partition coefficient (Wildman–Crippen LogP) is 4.66. The van der Waals surface area contributed by atoms with Gasteiger partial charge in [-0.2, -0.15) is 0 Å². The maximum Gasteiger partial charge on any atom is 0.251 e. The summed E-state index contributed by atoms with van der Waals surface area (Å²) in [5, 5.41) is 6.51. The maximum absolute atomic E-state index is 12.2. The van der Waals surface area contributed by atoms with Crippen LogP contribution in [0.5, 0.6) is 0 Å². The minimum Gasteiger partial charge on any atom is -0.367 e. The maximum atomic E-state index is 12.2. The molecular formula is C22H30N4O. The lowest BCUT2D eigenvalue weighted by Gasteiger charge is -2.23. The standard InChI is InChI=1S/C22H30N4O/c1-16(2)12-13-23-22(27)18-10-8-17(9-11-18)20-14-21(25-15-24-20)26-19-6-4-3-5-7-19/h8-11,14-16,19H,3-7,12-13H2,1-2H3,(H,23,27)(H,24,25,26). The number of nitrogens with zero attached hydrogens (tertiary/aromatic N) is 2. The lowest BCUT2D eigenvalue weighted by molar-refractivity contribution is 0.0952. The SMILES string of the molecule is CC(C)CCNC(=O)c1ccc(-c2cc(NC3CCCCC3)ncn2)cc1. The van der Waals surface area contributed by atoms with Crippen molar-refractivity contribution in [3.8, 4) is 11.3 Å². The van der Waals surface area contributed by atoms with E-state index in [9.17, 15) is 4.79 Å². The van der Waals surface area contributed by atoms with Crippen LogP contribution in [0.25, 0.3) is 11.3 Å². The van der Waals surface area contributed by atoms with Gasteiger partial charge < -0.3 is 10.6 Å². The average Bonchev–Trinajstić information content (AvgIpc) is 2.69. The van der Waals surface area contributed by atoms with Gasteiger partial charge in [0.25, 0.3) is 5.91 Å². The summed E-state index contributed by atoms with van der Waals surface area (Å²) >= 11 is 0. The fraction of sp³-hybridized carbons (Fsp3) is 0.500. The zero-order valence-corrected chi connectivity index (χ0v) is 16.4. The van der Waals surface area contributed by atoms with Crippen molar-refractivity contribution in [2.75, 3.05) is 11.9 Å². The number of benzene rings is 1. The van der Waals surface area contributed by atoms with Crippen LogP contribution in [0.15, 0.2) is 36.7 Å². The van der Waals surface area contributed by atoms with E-state index in [1.165, 1.54) is 32.1 Å². The number of rotatable bonds is 7. The van der Waals surface area contributed by atoms with Crippen molar-refractivity contribution in [2.45, 2.75) is 58.4 Å². The summed E-state index contributed by atoms with van der Waals surface area (Å²) < 4.78 is 0. The molecule has 1 aliphatic carbocycles. The lowest BCUT2D eigenvalue weighted by atomic mass is 9.95. The highest BCUT2D eigenvalue weighted by Gasteiger charge is 2.14. The number of nitrogens with one attached hydrogen (secondary N) is 2. The molecule has 5 heteroatoms. The molecule has 0 radical (unpaired) electrons. The molecule has 1 aliphatic rings. The van der Waals surface area contributed by atoms with Crippen molar-refractivity contribution >= 4 is 11.7 Å². The molecule has 0 aliphatic heterocycles. The van der Waals surface area contributed by atoms with Crippen LogP contribution in [-0.4, -0.2) is 28.5 Å². The van der Waals surface area contributed by atoms with E-state index in [2.05, 4.69) is 34.4 Å². The van der Waals surface area contributed by atoms with Gasteiger partial charge in [0, 0.05) is 29.8 Å². The van der Waals surface area contributed by atoms with E-state index in [0.29, 0.717) is 24.1 Å². The second-order valence-electron chi connectivity index (χ2n) is 7.78. The fourth-order valence-electron chi connectivity index (χ4n) is 3.42. The molecule has 1 amide bonds. The van der Waals surface area contributed by atoms with Crippen LogP contribution in [0, 0.1) is 5.92 Å². The number of hydrogen-bond acceptors (Lipinski definition) is 4. The molecule has 0 unspecified atom stereocenters. The molecule has 2 N–H and O–H groups in total. The van der Waals surface area contributed by atoms with E-state index < -0.39 is 0 Å². The molecule has 3 rings (SSSR count). The van der Waals surface area contributed by atoms with Gasteiger partial charge in [-0.05, 0) is 37.3 Å². The molecule has 1 heterocycles. The summed E-state index contributed by atoms with van der Waals surface area (Å²) in [6, 6.07) is 10.1. The quantitative estimate of drug-likeness (QED) is 0.747. The summed E-state index contributed by atoms with van der Waals surface area (Å²) in [5.41, 5.74) is 2.54. The summed E-state index contributed by atoms with van der Waals surface area (Å²) in [7, 11) is 0. The van der Waals surface area contributed by atoms with Gasteiger partial charge in [0.05, 0.1) is 5.69 Å². The number of hydrogen-bond donors (Lipinski definition) is 2. The van der Waals surface area contributed by atoms with Gasteiger partial charge in [0.2, 0.25) is 0 Å². The Morgan fingerprint density at radius 2 is 1.85 bits per heavy atom. The number of carbonyl (C=O) groups is 1. The minimum atomic E-state index is -0.0236. The first-order valence-electron chi connectivity index (χ1n) is 10.1. The zero-order valence-electron chi connectivity index (χ0n) is 16.4. The lowest BCUT2D eigenvalue weighted by Crippen LogP contribution is -2.25. The Bertz CT molecular complexity index is 736. The van der Waals surface area contributed by atoms with Gasteiger partial charge in [0.1, 0.15) is 12.1 Å². The Morgan fingerprint density at radius 1 is 1.11 bits per heavy atom. The fourth-order valence-corrected chi connectivity index (χ4v) is 3.42. The van der Waals surface area contributed by atoms with Crippen LogP contribution in [0.3, 0.4) is 0 Å². The van der Waals surface area contributed by atoms with E-state index >= 15 is 0 Å². The molecule has 0 spiro atoms. The molecule has 0 saturated heterocycles. The van der Waals surface area contributed by atoms with Crippen LogP contribution in [0.4, 0.5) is 5.82 Å². The average molecular weight is 367 g/mol. The number of carbonyl (C=O) groups excluding carboxylic acids is 1. The Balaban J connectivity index is 1.62. The number of amides is 1. The normalized spacial score (nSPS) is 14.9. The van der Waals surface area contributed by atoms with Crippen molar-refractivity contribution < 1.29 is 4.79 Å². The van der Waals surface area contributed by atoms with Crippen molar-refractivity contribution in [1.82, 2.24) is 15.3 Å². The van der Waals surface area contributed by atoms with E-state index in [-0.39, 0.29) is 5.91 Å². The topological polar surface area (TPSA) is 66.9 Å². The van der Waals surface area contributed by atoms with Crippen LogP contribution in [-0.2, 0) is 0 Å². The van der Waals surface area contributed by atoms with E-state index in [4.69, 9.17) is 0 Å². The molecule has 5 nitrogen and oxygen atoms in total. The molecule has 2 aromatic rings. The Morgan fingerprint density at radius 3 is 2.56 bits per heavy atom. The van der Waals surface area contributed by atoms with Gasteiger partial charge in [0.15, 0.2) is 0 Å².